The molecule has 1 spiro atoms. The van der Waals surface area contributed by atoms with E-state index in [1.54, 1.807) is 6.33 Å². The van der Waals surface area contributed by atoms with Gasteiger partial charge < -0.3 is 14.8 Å². The summed E-state index contributed by atoms with van der Waals surface area (Å²) >= 11 is 0. The number of nitrogens with zero attached hydrogens (tertiary/aromatic N) is 3. The molecule has 0 aromatic carbocycles. The largest absolute Gasteiger partial charge is 0.381 e. The molecule has 0 unspecified atom stereocenters. The van der Waals surface area contributed by atoms with Crippen LogP contribution in [0.5, 0.6) is 0 Å². The van der Waals surface area contributed by atoms with E-state index >= 15 is 0 Å². The van der Waals surface area contributed by atoms with Crippen molar-refractivity contribution in [3.63, 3.8) is 0 Å². The highest BCUT2D eigenvalue weighted by molar-refractivity contribution is 5.09. The second-order valence-electron chi connectivity index (χ2n) is 7.21. The summed E-state index contributed by atoms with van der Waals surface area (Å²) in [6.45, 7) is 10.7. The SMILES string of the molecule is CCO[C@@H]1C[C@H](NCc2ncnn2CC(C)C)C12CCOCC2. The van der Waals surface area contributed by atoms with Crippen molar-refractivity contribution in [2.75, 3.05) is 19.8 Å². The zero-order valence-corrected chi connectivity index (χ0v) is 14.6. The summed E-state index contributed by atoms with van der Waals surface area (Å²) in [7, 11) is 0. The summed E-state index contributed by atoms with van der Waals surface area (Å²) in [4.78, 5) is 4.42. The fraction of sp³-hybridized carbons (Fsp3) is 0.882. The predicted octanol–water partition coefficient (Wildman–Crippen LogP) is 2.00. The van der Waals surface area contributed by atoms with Crippen LogP contribution >= 0.6 is 0 Å². The predicted molar refractivity (Wildman–Crippen MR) is 88.0 cm³/mol. The molecule has 130 valence electrons. The number of hydrogen-bond acceptors (Lipinski definition) is 5. The average Bonchev–Trinajstić information content (AvgIpc) is 2.97. The second-order valence-corrected chi connectivity index (χ2v) is 7.21. The molecule has 2 atom stereocenters. The Kier molecular flexibility index (Phi) is 5.34. The van der Waals surface area contributed by atoms with Crippen LogP contribution in [0.25, 0.3) is 0 Å². The Hall–Kier alpha value is -0.980. The van der Waals surface area contributed by atoms with Crippen LogP contribution in [0.3, 0.4) is 0 Å². The van der Waals surface area contributed by atoms with Crippen LogP contribution in [-0.4, -0.2) is 46.7 Å². The van der Waals surface area contributed by atoms with Gasteiger partial charge in [-0.2, -0.15) is 5.10 Å². The van der Waals surface area contributed by atoms with E-state index in [4.69, 9.17) is 9.47 Å². The van der Waals surface area contributed by atoms with Crippen LogP contribution in [-0.2, 0) is 22.6 Å². The maximum absolute atomic E-state index is 5.99. The molecule has 1 saturated carbocycles. The Bertz CT molecular complexity index is 497. The minimum Gasteiger partial charge on any atom is -0.381 e. The standard InChI is InChI=1S/C17H30N4O2/c1-4-23-15-9-14(17(15)5-7-22-8-6-17)18-10-16-19-12-20-21(16)11-13(2)3/h12-15,18H,4-11H2,1-3H3/t14-,15+/m0/s1. The third-order valence-corrected chi connectivity index (χ3v) is 5.32. The minimum absolute atomic E-state index is 0.247. The Balaban J connectivity index is 1.60. The first-order valence-corrected chi connectivity index (χ1v) is 8.95. The summed E-state index contributed by atoms with van der Waals surface area (Å²) in [5.74, 6) is 1.60. The highest BCUT2D eigenvalue weighted by atomic mass is 16.5. The molecule has 6 heteroatoms. The van der Waals surface area contributed by atoms with E-state index in [-0.39, 0.29) is 5.41 Å². The van der Waals surface area contributed by atoms with Gasteiger partial charge in [-0.15, -0.1) is 0 Å². The highest BCUT2D eigenvalue weighted by Crippen LogP contribution is 2.50. The first-order valence-electron chi connectivity index (χ1n) is 8.95. The second kappa shape index (κ2) is 7.28. The zero-order chi connectivity index (χ0) is 16.3. The van der Waals surface area contributed by atoms with Gasteiger partial charge in [0.2, 0.25) is 0 Å². The van der Waals surface area contributed by atoms with Crippen molar-refractivity contribution >= 4 is 0 Å². The summed E-state index contributed by atoms with van der Waals surface area (Å²) in [5, 5.41) is 8.07. The molecule has 1 saturated heterocycles. The summed E-state index contributed by atoms with van der Waals surface area (Å²) in [6, 6.07) is 0.493. The van der Waals surface area contributed by atoms with Crippen LogP contribution in [0.1, 0.15) is 45.9 Å². The molecule has 2 heterocycles. The Labute approximate surface area is 138 Å². The third-order valence-electron chi connectivity index (χ3n) is 5.32. The van der Waals surface area contributed by atoms with Crippen molar-refractivity contribution in [1.82, 2.24) is 20.1 Å². The molecular formula is C17H30N4O2. The maximum Gasteiger partial charge on any atom is 0.140 e. The molecule has 1 aromatic rings. The molecule has 1 aliphatic carbocycles. The van der Waals surface area contributed by atoms with Gasteiger partial charge in [0.15, 0.2) is 0 Å². The van der Waals surface area contributed by atoms with Gasteiger partial charge in [-0.25, -0.2) is 9.67 Å². The topological polar surface area (TPSA) is 61.2 Å². The number of ether oxygens (including phenoxy) is 2. The van der Waals surface area contributed by atoms with Crippen molar-refractivity contribution in [1.29, 1.82) is 0 Å². The van der Waals surface area contributed by atoms with E-state index in [0.29, 0.717) is 18.1 Å². The molecule has 0 radical (unpaired) electrons. The molecule has 1 N–H and O–H groups in total. The van der Waals surface area contributed by atoms with Crippen LogP contribution < -0.4 is 5.32 Å². The molecule has 2 aliphatic rings. The third kappa shape index (κ3) is 3.44. The zero-order valence-electron chi connectivity index (χ0n) is 14.6. The molecule has 1 aliphatic heterocycles. The van der Waals surface area contributed by atoms with Gasteiger partial charge in [-0.1, -0.05) is 13.8 Å². The fourth-order valence-corrected chi connectivity index (χ4v) is 4.03. The molecule has 23 heavy (non-hydrogen) atoms. The van der Waals surface area contributed by atoms with Crippen molar-refractivity contribution in [2.24, 2.45) is 11.3 Å². The summed E-state index contributed by atoms with van der Waals surface area (Å²) in [5.41, 5.74) is 0.247. The molecule has 1 aromatic heterocycles. The smallest absolute Gasteiger partial charge is 0.140 e. The van der Waals surface area contributed by atoms with Gasteiger partial charge in [0.05, 0.1) is 12.6 Å². The lowest BCUT2D eigenvalue weighted by atomic mass is 9.57. The highest BCUT2D eigenvalue weighted by Gasteiger charge is 2.55. The molecule has 0 amide bonds. The lowest BCUT2D eigenvalue weighted by Gasteiger charge is -2.57. The monoisotopic (exact) mass is 322 g/mol. The van der Waals surface area contributed by atoms with E-state index in [0.717, 1.165) is 58.0 Å². The van der Waals surface area contributed by atoms with E-state index in [2.05, 4.69) is 36.2 Å². The quantitative estimate of drug-likeness (QED) is 0.832. The Morgan fingerprint density at radius 1 is 1.43 bits per heavy atom. The summed E-state index contributed by atoms with van der Waals surface area (Å²) < 4.78 is 13.6. The van der Waals surface area contributed by atoms with Crippen LogP contribution in [0, 0.1) is 11.3 Å². The van der Waals surface area contributed by atoms with Crippen molar-refractivity contribution in [3.8, 4) is 0 Å². The lowest BCUT2D eigenvalue weighted by molar-refractivity contribution is -0.173. The average molecular weight is 322 g/mol. The van der Waals surface area contributed by atoms with E-state index in [1.807, 2.05) is 4.68 Å². The fourth-order valence-electron chi connectivity index (χ4n) is 4.03. The van der Waals surface area contributed by atoms with Gasteiger partial charge in [0.1, 0.15) is 12.2 Å². The van der Waals surface area contributed by atoms with Gasteiger partial charge in [-0.3, -0.25) is 0 Å². The lowest BCUT2D eigenvalue weighted by Crippen LogP contribution is -2.65. The first-order chi connectivity index (χ1) is 11.2. The molecule has 2 fully saturated rings. The summed E-state index contributed by atoms with van der Waals surface area (Å²) in [6.07, 6.45) is 5.31. The van der Waals surface area contributed by atoms with Crippen molar-refractivity contribution in [3.05, 3.63) is 12.2 Å². The van der Waals surface area contributed by atoms with E-state index in [1.165, 1.54) is 0 Å². The number of nitrogens with one attached hydrogen (secondary N) is 1. The molecular weight excluding hydrogens is 292 g/mol. The van der Waals surface area contributed by atoms with Crippen LogP contribution in [0.2, 0.25) is 0 Å². The van der Waals surface area contributed by atoms with Gasteiger partial charge >= 0.3 is 0 Å². The van der Waals surface area contributed by atoms with Gasteiger partial charge in [0.25, 0.3) is 0 Å². The van der Waals surface area contributed by atoms with Gasteiger partial charge in [-0.05, 0) is 32.1 Å². The van der Waals surface area contributed by atoms with E-state index < -0.39 is 0 Å². The van der Waals surface area contributed by atoms with Crippen molar-refractivity contribution in [2.45, 2.75) is 65.3 Å². The maximum atomic E-state index is 5.99. The van der Waals surface area contributed by atoms with Crippen molar-refractivity contribution < 1.29 is 9.47 Å². The van der Waals surface area contributed by atoms with Crippen LogP contribution in [0.4, 0.5) is 0 Å². The normalized spacial score (nSPS) is 26.6. The first kappa shape index (κ1) is 16.9. The number of rotatable bonds is 7. The molecule has 3 rings (SSSR count). The number of aromatic nitrogens is 3. The molecule has 0 bridgehead atoms. The Morgan fingerprint density at radius 2 is 2.22 bits per heavy atom. The minimum atomic E-state index is 0.247. The van der Waals surface area contributed by atoms with Gasteiger partial charge in [0, 0.05) is 37.8 Å². The van der Waals surface area contributed by atoms with Crippen LogP contribution in [0.15, 0.2) is 6.33 Å². The number of hydrogen-bond donors (Lipinski definition) is 1. The molecule has 6 nitrogen and oxygen atoms in total. The Morgan fingerprint density at radius 3 is 2.91 bits per heavy atom. The van der Waals surface area contributed by atoms with E-state index in [9.17, 15) is 0 Å².